The van der Waals surface area contributed by atoms with Gasteiger partial charge < -0.3 is 48.5 Å². The van der Waals surface area contributed by atoms with E-state index >= 15 is 0 Å². The van der Waals surface area contributed by atoms with Crippen LogP contribution in [0.3, 0.4) is 0 Å². The number of amides is 6. The molecule has 0 saturated heterocycles. The molecule has 0 bridgehead atoms. The van der Waals surface area contributed by atoms with E-state index in [1.54, 1.807) is 84.6 Å². The van der Waals surface area contributed by atoms with Gasteiger partial charge in [0.25, 0.3) is 0 Å². The van der Waals surface area contributed by atoms with Gasteiger partial charge in [0.05, 0.1) is 0 Å². The quantitative estimate of drug-likeness (QED) is 0.116. The molecular weight excluding hydrogens is 1100 g/mol. The van der Waals surface area contributed by atoms with Crippen molar-refractivity contribution in [3.05, 3.63) is 0 Å². The number of rotatable bonds is 9. The van der Waals surface area contributed by atoms with E-state index < -0.39 is 46.9 Å². The summed E-state index contributed by atoms with van der Waals surface area (Å²) in [6.45, 7) is 0. The molecule has 0 spiro atoms. The Morgan fingerprint density at radius 1 is 0.339 bits per heavy atom. The number of halogens is 9. The Bertz CT molecular complexity index is 1440. The van der Waals surface area contributed by atoms with Crippen molar-refractivity contribution in [2.75, 3.05) is 84.6 Å². The van der Waals surface area contributed by atoms with Crippen molar-refractivity contribution in [1.29, 1.82) is 0 Å². The Hall–Kier alpha value is -2.60. The van der Waals surface area contributed by atoms with Gasteiger partial charge in [-0.15, -0.1) is 0 Å². The van der Waals surface area contributed by atoms with Crippen molar-refractivity contribution in [2.45, 2.75) is 55.0 Å². The fourth-order valence-electron chi connectivity index (χ4n) is 1.98. The summed E-state index contributed by atoms with van der Waals surface area (Å²) in [6.07, 6.45) is 1.77. The smallest absolute Gasteiger partial charge is 0.741 e. The third-order valence-electron chi connectivity index (χ3n) is 5.50. The van der Waals surface area contributed by atoms with E-state index in [-0.39, 0.29) is 87.8 Å². The zero-order valence-electron chi connectivity index (χ0n) is 35.0. The van der Waals surface area contributed by atoms with E-state index in [2.05, 4.69) is 0 Å². The van der Waals surface area contributed by atoms with Gasteiger partial charge in [-0.3, -0.25) is 28.8 Å². The van der Waals surface area contributed by atoms with Gasteiger partial charge in [0.15, 0.2) is 30.4 Å². The molecule has 0 rings (SSSR count). The van der Waals surface area contributed by atoms with Crippen molar-refractivity contribution in [3.63, 3.8) is 0 Å². The molecule has 0 aliphatic rings. The first-order valence-corrected chi connectivity index (χ1v) is 19.6. The van der Waals surface area contributed by atoms with E-state index in [1.807, 2.05) is 0 Å². The van der Waals surface area contributed by atoms with E-state index in [9.17, 15) is 68.3 Å². The molecule has 0 aromatic rings. The minimum atomic E-state index is -6.09. The Morgan fingerprint density at radius 2 is 0.403 bits per heavy atom. The molecular formula is C27H51F9N6O16S3Yb+. The summed E-state index contributed by atoms with van der Waals surface area (Å²) in [7, 11) is 1.93. The average molecular weight is 1160 g/mol. The summed E-state index contributed by atoms with van der Waals surface area (Å²) in [5, 5.41) is 0. The molecule has 0 saturated carbocycles. The molecule has 35 heteroatoms. The molecule has 0 aromatic heterocycles. The summed E-state index contributed by atoms with van der Waals surface area (Å²) in [5.41, 5.74) is -16.9. The molecule has 6 amide bonds. The van der Waals surface area contributed by atoms with Gasteiger partial charge in [0.1, 0.15) is 0 Å². The van der Waals surface area contributed by atoms with Crippen LogP contribution < -0.4 is 0 Å². The Labute approximate surface area is 391 Å². The fourth-order valence-corrected chi connectivity index (χ4v) is 1.98. The Kier molecular flexibility index (Phi) is 41.9. The first-order chi connectivity index (χ1) is 26.1. The second kappa shape index (κ2) is 33.8. The fraction of sp³-hybridized carbons (Fsp3) is 0.778. The second-order valence-corrected chi connectivity index (χ2v) is 16.0. The summed E-state index contributed by atoms with van der Waals surface area (Å²) in [6, 6.07) is 0. The number of hydrogen-bond donors (Lipinski definition) is 0. The minimum absolute atomic E-state index is 0. The molecule has 62 heavy (non-hydrogen) atoms. The van der Waals surface area contributed by atoms with Crippen LogP contribution >= 0.6 is 0 Å². The van der Waals surface area contributed by atoms with Gasteiger partial charge in [-0.2, -0.15) is 39.5 Å². The van der Waals surface area contributed by atoms with Gasteiger partial charge in [-0.05, 0) is 0 Å². The van der Waals surface area contributed by atoms with Gasteiger partial charge in [0, 0.05) is 123 Å². The average Bonchev–Trinajstić information content (AvgIpc) is 3.02. The van der Waals surface area contributed by atoms with E-state index in [4.69, 9.17) is 38.9 Å². The van der Waals surface area contributed by atoms with Crippen LogP contribution in [-0.4, -0.2) is 205 Å². The summed E-state index contributed by atoms with van der Waals surface area (Å²) in [4.78, 5) is 75.1. The minimum Gasteiger partial charge on any atom is -0.741 e. The third kappa shape index (κ3) is 45.4. The van der Waals surface area contributed by atoms with Gasteiger partial charge in [-0.1, -0.05) is 0 Å². The molecule has 0 unspecified atom stereocenters. The van der Waals surface area contributed by atoms with Crippen LogP contribution in [0.1, 0.15) is 38.5 Å². The molecule has 379 valence electrons. The van der Waals surface area contributed by atoms with Crippen molar-refractivity contribution >= 4 is 65.8 Å². The molecule has 0 heterocycles. The molecule has 0 aliphatic carbocycles. The zero-order chi connectivity index (χ0) is 50.2. The molecule has 1 radical (unpaired) electrons. The van der Waals surface area contributed by atoms with Crippen molar-refractivity contribution in [2.24, 2.45) is 0 Å². The van der Waals surface area contributed by atoms with Crippen LogP contribution in [-0.2, 0) is 64.6 Å². The van der Waals surface area contributed by atoms with Crippen molar-refractivity contribution < 1.29 is 160 Å². The number of nitrogens with zero attached hydrogens (tertiary/aromatic N) is 6. The molecule has 0 aromatic carbocycles. The number of carbonyl (C=O) groups excluding carboxylic acids is 6. The molecule has 0 atom stereocenters. The summed E-state index contributed by atoms with van der Waals surface area (Å²) in [5.74, 6) is -0.0544. The largest absolute Gasteiger partial charge is 3.00 e. The Morgan fingerprint density at radius 3 is 0.435 bits per heavy atom. The number of carbonyl (C=O) groups is 6. The van der Waals surface area contributed by atoms with Crippen LogP contribution in [0.5, 0.6) is 0 Å². The van der Waals surface area contributed by atoms with Crippen LogP contribution in [0.4, 0.5) is 39.5 Å². The van der Waals surface area contributed by atoms with Gasteiger partial charge >= 0.3 is 63.4 Å². The Balaban J connectivity index is -0.0000000944. The van der Waals surface area contributed by atoms with Crippen molar-refractivity contribution in [1.82, 2.24) is 29.4 Å². The second-order valence-electron chi connectivity index (χ2n) is 11.9. The first kappa shape index (κ1) is 76.7. The summed E-state index contributed by atoms with van der Waals surface area (Å²) < 4.78 is 177. The molecule has 0 fully saturated rings. The predicted molar refractivity (Wildman–Crippen MR) is 192 cm³/mol. The van der Waals surface area contributed by atoms with Gasteiger partial charge in [-0.25, -0.2) is 25.3 Å². The standard InChI is InChI=1S/3C8H16N2O2.3CHF3O3S.H2O.Yb/c3*1-9(2)7(11)5-6-8(12)10(3)4;3*2-1(3,4)8(5,6)7;;/h3*5-6H2,1-4H3;3*(H,5,6,7);1H2;/q;;;;;;;+3/p-2. The molecule has 0 aliphatic heterocycles. The number of alkyl halides is 9. The first-order valence-electron chi connectivity index (χ1n) is 15.4. The predicted octanol–water partition coefficient (Wildman–Crippen LogP) is -0.939. The summed E-state index contributed by atoms with van der Waals surface area (Å²) >= 11 is 0. The maximum absolute atomic E-state index is 11.0. The zero-order valence-corrected chi connectivity index (χ0v) is 39.2. The van der Waals surface area contributed by atoms with E-state index in [0.29, 0.717) is 38.5 Å². The van der Waals surface area contributed by atoms with Crippen LogP contribution in [0.2, 0.25) is 0 Å². The monoisotopic (exact) mass is 1160 g/mol. The molecule has 22 nitrogen and oxygen atoms in total. The topological polar surface area (TPSA) is 326 Å². The third-order valence-corrected chi connectivity index (χ3v) is 7.20. The van der Waals surface area contributed by atoms with Crippen LogP contribution in [0, 0.1) is 46.9 Å². The van der Waals surface area contributed by atoms with Crippen LogP contribution in [0.15, 0.2) is 0 Å². The van der Waals surface area contributed by atoms with E-state index in [0.717, 1.165) is 0 Å². The normalized spacial score (nSPS) is 10.8. The van der Waals surface area contributed by atoms with Crippen LogP contribution in [0.25, 0.3) is 0 Å². The maximum Gasteiger partial charge on any atom is 3.00 e. The number of hydrogen-bond acceptors (Lipinski definition) is 15. The van der Waals surface area contributed by atoms with Crippen molar-refractivity contribution in [3.8, 4) is 0 Å². The van der Waals surface area contributed by atoms with Gasteiger partial charge in [0.2, 0.25) is 35.4 Å². The van der Waals surface area contributed by atoms with E-state index in [1.165, 1.54) is 29.4 Å². The maximum atomic E-state index is 11.0. The SMILES string of the molecule is CN(C)C(=O)CCC(=O)N(C)C.CN(C)C(=O)CCC(=O)N(C)C.CN(C)C(=O)CCC(=O)N(C)C.O=S(=O)([O-])C(F)(F)F.O=S(=O)([O-])C(F)(F)F.O=S(=O)([O-])C(F)(F)F.[OH3+].[Yb+3]. The molecule has 3 N–H and O–H groups in total.